The molecule has 0 saturated heterocycles. The number of carboxylic acid groups (broad SMARTS) is 1. The van der Waals surface area contributed by atoms with Crippen LogP contribution < -0.4 is 0 Å². The molecule has 104 valence electrons. The molecule has 0 spiro atoms. The van der Waals surface area contributed by atoms with E-state index in [1.54, 1.807) is 18.5 Å². The molecule has 0 bridgehead atoms. The van der Waals surface area contributed by atoms with Gasteiger partial charge in [-0.2, -0.15) is 0 Å². The van der Waals surface area contributed by atoms with Crippen LogP contribution in [0.15, 0.2) is 22.4 Å². The predicted molar refractivity (Wildman–Crippen MR) is 67.7 cm³/mol. The van der Waals surface area contributed by atoms with Crippen LogP contribution in [0.3, 0.4) is 0 Å². The third-order valence-corrected chi connectivity index (χ3v) is 3.56. The second-order valence-corrected chi connectivity index (χ2v) is 4.76. The number of hydrogen-bond acceptors (Lipinski definition) is 7. The van der Waals surface area contributed by atoms with Gasteiger partial charge in [-0.05, 0) is 18.7 Å². The van der Waals surface area contributed by atoms with E-state index in [2.05, 4.69) is 15.2 Å². The molecule has 0 atom stereocenters. The van der Waals surface area contributed by atoms with E-state index in [4.69, 9.17) is 5.11 Å². The molecule has 0 aliphatic rings. The van der Waals surface area contributed by atoms with Crippen LogP contribution >= 0.6 is 11.8 Å². The van der Waals surface area contributed by atoms with Crippen molar-refractivity contribution in [1.29, 1.82) is 0 Å². The maximum absolute atomic E-state index is 11.0. The summed E-state index contributed by atoms with van der Waals surface area (Å²) in [7, 11) is 1.72. The number of carboxylic acids is 1. The molecule has 2 aromatic heterocycles. The maximum Gasteiger partial charge on any atom is 0.337 e. The van der Waals surface area contributed by atoms with Gasteiger partial charge in [0.25, 0.3) is 0 Å². The smallest absolute Gasteiger partial charge is 0.337 e. The van der Waals surface area contributed by atoms with Gasteiger partial charge in [-0.1, -0.05) is 0 Å². The van der Waals surface area contributed by atoms with Crippen LogP contribution in [0.2, 0.25) is 0 Å². The highest BCUT2D eigenvalue weighted by molar-refractivity contribution is 7.99. The Labute approximate surface area is 116 Å². The largest absolute Gasteiger partial charge is 0.478 e. The van der Waals surface area contributed by atoms with E-state index < -0.39 is 10.9 Å². The van der Waals surface area contributed by atoms with Crippen molar-refractivity contribution in [1.82, 2.24) is 19.7 Å². The predicted octanol–water partition coefficient (Wildman–Crippen LogP) is 1.28. The van der Waals surface area contributed by atoms with Crippen LogP contribution in [0.25, 0.3) is 0 Å². The first-order valence-corrected chi connectivity index (χ1v) is 6.13. The summed E-state index contributed by atoms with van der Waals surface area (Å²) in [6, 6.07) is 0.973. The number of aryl methyl sites for hydroxylation is 1. The molecular weight excluding hydrogens is 286 g/mol. The standard InChI is InChI=1S/C10H9N5O4S/c1-5-12-13-10(14(5)2)20-8-7(15(18)19)3-6(4-11-8)9(16)17/h3-4H,1-2H3,(H,16,17). The lowest BCUT2D eigenvalue weighted by atomic mass is 10.3. The van der Waals surface area contributed by atoms with Crippen LogP contribution in [0.4, 0.5) is 5.69 Å². The molecule has 0 unspecified atom stereocenters. The maximum atomic E-state index is 11.0. The minimum atomic E-state index is -1.27. The number of carbonyl (C=O) groups is 1. The van der Waals surface area contributed by atoms with Crippen molar-refractivity contribution in [3.05, 3.63) is 33.8 Å². The second-order valence-electron chi connectivity index (χ2n) is 3.80. The molecule has 20 heavy (non-hydrogen) atoms. The lowest BCUT2D eigenvalue weighted by Crippen LogP contribution is -2.02. The molecule has 0 amide bonds. The van der Waals surface area contributed by atoms with Crippen molar-refractivity contribution in [3.63, 3.8) is 0 Å². The summed E-state index contributed by atoms with van der Waals surface area (Å²) in [5.74, 6) is -0.621. The number of pyridine rings is 1. The van der Waals surface area contributed by atoms with Crippen LogP contribution in [0.1, 0.15) is 16.2 Å². The third kappa shape index (κ3) is 2.59. The fourth-order valence-electron chi connectivity index (χ4n) is 1.33. The normalized spacial score (nSPS) is 10.5. The lowest BCUT2D eigenvalue weighted by molar-refractivity contribution is -0.388. The van der Waals surface area contributed by atoms with Crippen molar-refractivity contribution < 1.29 is 14.8 Å². The van der Waals surface area contributed by atoms with E-state index in [-0.39, 0.29) is 16.3 Å². The first-order valence-electron chi connectivity index (χ1n) is 5.31. The Hall–Kier alpha value is -2.49. The van der Waals surface area contributed by atoms with E-state index in [1.165, 1.54) is 0 Å². The minimum absolute atomic E-state index is 0.0653. The fraction of sp³-hybridized carbons (Fsp3) is 0.200. The van der Waals surface area contributed by atoms with E-state index in [0.717, 1.165) is 24.0 Å². The molecule has 10 heteroatoms. The molecule has 0 aliphatic carbocycles. The van der Waals surface area contributed by atoms with Crippen molar-refractivity contribution in [2.24, 2.45) is 7.05 Å². The minimum Gasteiger partial charge on any atom is -0.478 e. The van der Waals surface area contributed by atoms with Crippen LogP contribution in [0.5, 0.6) is 0 Å². The SMILES string of the molecule is Cc1nnc(Sc2ncc(C(=O)O)cc2[N+](=O)[O-])n1C. The Balaban J connectivity index is 2.43. The Kier molecular flexibility index (Phi) is 3.66. The number of rotatable bonds is 4. The zero-order valence-electron chi connectivity index (χ0n) is 10.5. The zero-order valence-corrected chi connectivity index (χ0v) is 11.3. The summed E-state index contributed by atoms with van der Waals surface area (Å²) in [5.41, 5.74) is -0.620. The number of nitrogens with zero attached hydrogens (tertiary/aromatic N) is 5. The Morgan fingerprint density at radius 2 is 2.20 bits per heavy atom. The second kappa shape index (κ2) is 5.25. The lowest BCUT2D eigenvalue weighted by Gasteiger charge is -2.03. The molecule has 0 saturated carbocycles. The highest BCUT2D eigenvalue weighted by atomic mass is 32.2. The quantitative estimate of drug-likeness (QED) is 0.660. The summed E-state index contributed by atoms with van der Waals surface area (Å²) >= 11 is 0.954. The van der Waals surface area contributed by atoms with Gasteiger partial charge in [0.1, 0.15) is 5.82 Å². The molecule has 2 rings (SSSR count). The van der Waals surface area contributed by atoms with Gasteiger partial charge in [-0.25, -0.2) is 9.78 Å². The molecule has 2 heterocycles. The Bertz CT molecular complexity index is 699. The molecule has 0 aliphatic heterocycles. The Morgan fingerprint density at radius 3 is 2.70 bits per heavy atom. The van der Waals surface area contributed by atoms with Gasteiger partial charge in [-0.3, -0.25) is 10.1 Å². The number of aromatic nitrogens is 4. The van der Waals surface area contributed by atoms with Crippen LogP contribution in [-0.4, -0.2) is 35.7 Å². The molecule has 0 fully saturated rings. The monoisotopic (exact) mass is 295 g/mol. The first-order chi connectivity index (χ1) is 9.40. The van der Waals surface area contributed by atoms with Crippen LogP contribution in [0, 0.1) is 17.0 Å². The van der Waals surface area contributed by atoms with Gasteiger partial charge in [0.05, 0.1) is 10.5 Å². The summed E-state index contributed by atoms with van der Waals surface area (Å²) in [6.07, 6.45) is 1.07. The molecule has 0 aromatic carbocycles. The Morgan fingerprint density at radius 1 is 1.50 bits per heavy atom. The van der Waals surface area contributed by atoms with Crippen molar-refractivity contribution in [2.45, 2.75) is 17.1 Å². The average Bonchev–Trinajstić information content (AvgIpc) is 2.70. The summed E-state index contributed by atoms with van der Waals surface area (Å²) in [6.45, 7) is 1.74. The number of aromatic carboxylic acids is 1. The van der Waals surface area contributed by atoms with Gasteiger partial charge in [0.15, 0.2) is 10.2 Å². The topological polar surface area (TPSA) is 124 Å². The van der Waals surface area contributed by atoms with E-state index in [9.17, 15) is 14.9 Å². The molecule has 0 radical (unpaired) electrons. The van der Waals surface area contributed by atoms with E-state index >= 15 is 0 Å². The molecule has 9 nitrogen and oxygen atoms in total. The number of hydrogen-bond donors (Lipinski definition) is 1. The van der Waals surface area contributed by atoms with Crippen LogP contribution in [-0.2, 0) is 7.05 Å². The number of nitro groups is 1. The third-order valence-electron chi connectivity index (χ3n) is 2.52. The van der Waals surface area contributed by atoms with Gasteiger partial charge in [-0.15, -0.1) is 10.2 Å². The van der Waals surface area contributed by atoms with Gasteiger partial charge in [0, 0.05) is 19.3 Å². The highest BCUT2D eigenvalue weighted by Crippen LogP contribution is 2.32. The molecule has 1 N–H and O–H groups in total. The summed E-state index contributed by atoms with van der Waals surface area (Å²) in [4.78, 5) is 25.0. The first kappa shape index (κ1) is 13.9. The fourth-order valence-corrected chi connectivity index (χ4v) is 2.20. The van der Waals surface area contributed by atoms with Gasteiger partial charge < -0.3 is 9.67 Å². The van der Waals surface area contributed by atoms with Gasteiger partial charge >= 0.3 is 11.7 Å². The zero-order chi connectivity index (χ0) is 14.9. The van der Waals surface area contributed by atoms with Crippen molar-refractivity contribution in [3.8, 4) is 0 Å². The van der Waals surface area contributed by atoms with E-state index in [0.29, 0.717) is 11.0 Å². The van der Waals surface area contributed by atoms with Crippen molar-refractivity contribution in [2.75, 3.05) is 0 Å². The van der Waals surface area contributed by atoms with Crippen molar-refractivity contribution >= 4 is 23.4 Å². The average molecular weight is 295 g/mol. The molecule has 2 aromatic rings. The summed E-state index contributed by atoms with van der Waals surface area (Å²) in [5, 5.41) is 28.0. The highest BCUT2D eigenvalue weighted by Gasteiger charge is 2.21. The van der Waals surface area contributed by atoms with E-state index in [1.807, 2.05) is 0 Å². The summed E-state index contributed by atoms with van der Waals surface area (Å²) < 4.78 is 1.65. The molecular formula is C10H9N5O4S. The van der Waals surface area contributed by atoms with Gasteiger partial charge in [0.2, 0.25) is 0 Å².